The topological polar surface area (TPSA) is 112 Å². The number of furan rings is 1. The molecule has 4 aromatic rings. The van der Waals surface area contributed by atoms with Crippen molar-refractivity contribution in [3.8, 4) is 5.75 Å². The molecule has 152 valence electrons. The lowest BCUT2D eigenvalue weighted by Gasteiger charge is -2.17. The van der Waals surface area contributed by atoms with Crippen molar-refractivity contribution in [2.24, 2.45) is 0 Å². The van der Waals surface area contributed by atoms with E-state index in [9.17, 15) is 19.5 Å². The Bertz CT molecular complexity index is 1300. The Morgan fingerprint density at radius 1 is 1.03 bits per heavy atom. The summed E-state index contributed by atoms with van der Waals surface area (Å²) < 4.78 is 5.70. The molecule has 3 N–H and O–H groups in total. The van der Waals surface area contributed by atoms with Crippen LogP contribution in [0.4, 0.5) is 17.1 Å². The van der Waals surface area contributed by atoms with Gasteiger partial charge in [0, 0.05) is 19.5 Å². The van der Waals surface area contributed by atoms with Crippen molar-refractivity contribution in [2.75, 3.05) is 24.7 Å². The lowest BCUT2D eigenvalue weighted by molar-refractivity contribution is 0.0824. The van der Waals surface area contributed by atoms with E-state index < -0.39 is 10.9 Å². The number of phenols is 1. The highest BCUT2D eigenvalue weighted by atomic mass is 16.3. The molecule has 4 rings (SSSR count). The van der Waals surface area contributed by atoms with Crippen LogP contribution in [-0.4, -0.2) is 30.0 Å². The van der Waals surface area contributed by atoms with Crippen molar-refractivity contribution in [2.45, 2.75) is 6.54 Å². The van der Waals surface area contributed by atoms with E-state index in [1.165, 1.54) is 17.0 Å². The van der Waals surface area contributed by atoms with Crippen LogP contribution in [0.25, 0.3) is 11.0 Å². The van der Waals surface area contributed by atoms with Crippen molar-refractivity contribution in [1.82, 2.24) is 4.90 Å². The predicted molar refractivity (Wildman–Crippen MR) is 114 cm³/mol. The van der Waals surface area contributed by atoms with Gasteiger partial charge >= 0.3 is 0 Å². The number of carbonyl (C=O) groups is 1. The Hall–Kier alpha value is -4.07. The fourth-order valence-corrected chi connectivity index (χ4v) is 3.17. The summed E-state index contributed by atoms with van der Waals surface area (Å²) in [5.41, 5.74) is -0.267. The van der Waals surface area contributed by atoms with Crippen molar-refractivity contribution in [3.63, 3.8) is 0 Å². The molecule has 0 fully saturated rings. The smallest absolute Gasteiger partial charge is 0.257 e. The number of hydrogen-bond donors (Lipinski definition) is 3. The first-order chi connectivity index (χ1) is 14.4. The van der Waals surface area contributed by atoms with Gasteiger partial charge in [-0.2, -0.15) is 0 Å². The van der Waals surface area contributed by atoms with Gasteiger partial charge in [0.1, 0.15) is 22.7 Å². The molecular weight excluding hydrogens is 386 g/mol. The molecule has 8 heteroatoms. The zero-order valence-corrected chi connectivity index (χ0v) is 16.4. The van der Waals surface area contributed by atoms with Crippen LogP contribution in [0.5, 0.6) is 5.75 Å². The second-order valence-corrected chi connectivity index (χ2v) is 7.04. The summed E-state index contributed by atoms with van der Waals surface area (Å²) in [7, 11) is 3.14. The van der Waals surface area contributed by atoms with Crippen LogP contribution >= 0.6 is 0 Å². The summed E-state index contributed by atoms with van der Waals surface area (Å²) in [5.74, 6) is -0.0755. The summed E-state index contributed by atoms with van der Waals surface area (Å²) in [6.45, 7) is 0.208. The van der Waals surface area contributed by atoms with Crippen LogP contribution in [0.3, 0.4) is 0 Å². The highest BCUT2D eigenvalue weighted by molar-refractivity contribution is 5.99. The molecular formula is C22H19N3O5. The number of amides is 1. The summed E-state index contributed by atoms with van der Waals surface area (Å²) in [5, 5.41) is 17.1. The second kappa shape index (κ2) is 7.40. The number of benzene rings is 2. The van der Waals surface area contributed by atoms with Crippen molar-refractivity contribution in [3.05, 3.63) is 80.3 Å². The number of nitrogens with zero attached hydrogens (tertiary/aromatic N) is 1. The van der Waals surface area contributed by atoms with Gasteiger partial charge in [-0.1, -0.05) is 24.3 Å². The molecule has 3 aromatic carbocycles. The standard InChI is InChI=1S/C22H19N3O5/c1-25(2)22(29)14-7-5-8-15(19(14)26)24-18-17(20(27)21(18)28)23-11-13-10-12-6-3-4-9-16(12)30-13/h3-10,23-24,26H,11H2,1-2H3. The van der Waals surface area contributed by atoms with Crippen molar-refractivity contribution < 1.29 is 14.3 Å². The molecule has 0 aliphatic heterocycles. The summed E-state index contributed by atoms with van der Waals surface area (Å²) in [6, 6.07) is 13.9. The number of para-hydroxylation sites is 2. The zero-order valence-electron chi connectivity index (χ0n) is 16.4. The minimum absolute atomic E-state index is 0.0286. The molecule has 0 aliphatic carbocycles. The number of nitrogens with one attached hydrogen (secondary N) is 2. The Labute approximate surface area is 171 Å². The first-order valence-corrected chi connectivity index (χ1v) is 9.22. The first-order valence-electron chi connectivity index (χ1n) is 9.22. The maximum Gasteiger partial charge on any atom is 0.257 e. The van der Waals surface area contributed by atoms with Crippen LogP contribution in [-0.2, 0) is 6.54 Å². The van der Waals surface area contributed by atoms with Gasteiger partial charge in [-0.05, 0) is 24.3 Å². The minimum Gasteiger partial charge on any atom is -0.505 e. The molecule has 0 saturated heterocycles. The van der Waals surface area contributed by atoms with E-state index in [1.54, 1.807) is 20.2 Å². The summed E-state index contributed by atoms with van der Waals surface area (Å²) >= 11 is 0. The Morgan fingerprint density at radius 2 is 1.77 bits per heavy atom. The Kier molecular flexibility index (Phi) is 4.75. The second-order valence-electron chi connectivity index (χ2n) is 7.04. The molecule has 0 bridgehead atoms. The lowest BCUT2D eigenvalue weighted by Crippen LogP contribution is -2.36. The van der Waals surface area contributed by atoms with Gasteiger partial charge in [-0.15, -0.1) is 0 Å². The molecule has 0 spiro atoms. The predicted octanol–water partition coefficient (Wildman–Crippen LogP) is 2.79. The highest BCUT2D eigenvalue weighted by Crippen LogP contribution is 2.32. The van der Waals surface area contributed by atoms with Gasteiger partial charge in [0.2, 0.25) is 0 Å². The van der Waals surface area contributed by atoms with Crippen molar-refractivity contribution in [1.29, 1.82) is 0 Å². The van der Waals surface area contributed by atoms with E-state index in [0.29, 0.717) is 5.76 Å². The number of fused-ring (bicyclic) bond motifs is 1. The van der Waals surface area contributed by atoms with E-state index in [0.717, 1.165) is 11.0 Å². The maximum atomic E-state index is 12.2. The van der Waals surface area contributed by atoms with Gasteiger partial charge < -0.3 is 25.1 Å². The van der Waals surface area contributed by atoms with Crippen LogP contribution in [0.1, 0.15) is 16.1 Å². The first kappa shape index (κ1) is 19.3. The third-order valence-electron chi connectivity index (χ3n) is 4.76. The normalized spacial score (nSPS) is 11.0. The molecule has 0 atom stereocenters. The fourth-order valence-electron chi connectivity index (χ4n) is 3.17. The van der Waals surface area contributed by atoms with Gasteiger partial charge in [0.15, 0.2) is 5.75 Å². The highest BCUT2D eigenvalue weighted by Gasteiger charge is 2.23. The third-order valence-corrected chi connectivity index (χ3v) is 4.76. The zero-order chi connectivity index (χ0) is 21.4. The van der Waals surface area contributed by atoms with E-state index in [4.69, 9.17) is 4.42 Å². The molecule has 1 heterocycles. The largest absolute Gasteiger partial charge is 0.505 e. The van der Waals surface area contributed by atoms with Gasteiger partial charge in [0.05, 0.1) is 17.8 Å². The Balaban J connectivity index is 1.56. The van der Waals surface area contributed by atoms with Crippen molar-refractivity contribution >= 4 is 33.9 Å². The summed E-state index contributed by atoms with van der Waals surface area (Å²) in [6.07, 6.45) is 0. The number of carbonyl (C=O) groups excluding carboxylic acids is 1. The van der Waals surface area contributed by atoms with Crippen LogP contribution in [0.15, 0.2) is 62.5 Å². The molecule has 1 aromatic heterocycles. The van der Waals surface area contributed by atoms with Gasteiger partial charge in [-0.3, -0.25) is 14.4 Å². The fraction of sp³-hybridized carbons (Fsp3) is 0.136. The van der Waals surface area contributed by atoms with Gasteiger partial charge in [0.25, 0.3) is 16.8 Å². The van der Waals surface area contributed by atoms with Crippen LogP contribution in [0.2, 0.25) is 0 Å². The average molecular weight is 405 g/mol. The molecule has 0 unspecified atom stereocenters. The Morgan fingerprint density at radius 3 is 2.50 bits per heavy atom. The molecule has 8 nitrogen and oxygen atoms in total. The lowest BCUT2D eigenvalue weighted by atomic mass is 10.1. The number of hydrogen-bond acceptors (Lipinski definition) is 7. The van der Waals surface area contributed by atoms with Crippen LogP contribution < -0.4 is 21.5 Å². The van der Waals surface area contributed by atoms with E-state index >= 15 is 0 Å². The number of anilines is 3. The minimum atomic E-state index is -0.703. The quantitative estimate of drug-likeness (QED) is 0.334. The number of aromatic hydroxyl groups is 1. The maximum absolute atomic E-state index is 12.2. The molecule has 0 radical (unpaired) electrons. The van der Waals surface area contributed by atoms with Crippen LogP contribution in [0, 0.1) is 0 Å². The van der Waals surface area contributed by atoms with E-state index in [1.807, 2.05) is 30.3 Å². The van der Waals surface area contributed by atoms with Gasteiger partial charge in [-0.25, -0.2) is 0 Å². The molecule has 1 amide bonds. The number of rotatable bonds is 6. The van der Waals surface area contributed by atoms with E-state index in [2.05, 4.69) is 10.6 Å². The summed E-state index contributed by atoms with van der Waals surface area (Å²) in [4.78, 5) is 37.6. The molecule has 0 saturated carbocycles. The molecule has 0 aliphatic rings. The third kappa shape index (κ3) is 3.28. The number of phenolic OH excluding ortho intramolecular Hbond substituents is 1. The monoisotopic (exact) mass is 405 g/mol. The van der Waals surface area contributed by atoms with E-state index in [-0.39, 0.29) is 40.8 Å². The SMILES string of the molecule is CN(C)C(=O)c1cccc(Nc2c(NCc3cc4ccccc4o3)c(=O)c2=O)c1O. The molecule has 30 heavy (non-hydrogen) atoms. The average Bonchev–Trinajstić information content (AvgIpc) is 3.16.